The predicted octanol–water partition coefficient (Wildman–Crippen LogP) is 5.01. The van der Waals surface area contributed by atoms with E-state index in [0.29, 0.717) is 60.6 Å². The normalized spacial score (nSPS) is 11.0. The molecule has 0 aliphatic rings. The van der Waals surface area contributed by atoms with Gasteiger partial charge in [-0.05, 0) is 12.8 Å². The lowest BCUT2D eigenvalue weighted by molar-refractivity contribution is -0.118. The number of rotatable bonds is 15. The number of halogens is 8. The van der Waals surface area contributed by atoms with Crippen molar-refractivity contribution in [2.75, 3.05) is 22.4 Å². The summed E-state index contributed by atoms with van der Waals surface area (Å²) < 4.78 is 120. The quantitative estimate of drug-likeness (QED) is 0.0317. The lowest BCUT2D eigenvalue weighted by Gasteiger charge is -2.17. The Bertz CT molecular complexity index is 1930. The van der Waals surface area contributed by atoms with Crippen LogP contribution in [0.25, 0.3) is 11.1 Å². The van der Waals surface area contributed by atoms with Gasteiger partial charge in [-0.2, -0.15) is 0 Å². The fraction of sp³-hybridized carbons (Fsp3) is 0.267. The van der Waals surface area contributed by atoms with Gasteiger partial charge in [-0.1, -0.05) is 50.2 Å². The Morgan fingerprint density at radius 2 is 0.923 bits per heavy atom. The molecule has 4 aromatic rings. The number of H-pyrrole nitrogens is 2. The van der Waals surface area contributed by atoms with Gasteiger partial charge in [0.25, 0.3) is 11.1 Å². The van der Waals surface area contributed by atoms with E-state index in [0.717, 1.165) is 0 Å². The molecule has 0 spiro atoms. The molecule has 12 nitrogen and oxygen atoms in total. The maximum atomic E-state index is 15.1. The summed E-state index contributed by atoms with van der Waals surface area (Å²) in [7, 11) is 0. The number of hydrogen-bond acceptors (Lipinski definition) is 10. The number of aromatic amines is 2. The molecule has 0 atom stereocenters. The molecule has 2 aromatic carbocycles. The zero-order valence-corrected chi connectivity index (χ0v) is 28.4. The summed E-state index contributed by atoms with van der Waals surface area (Å²) in [6.45, 7) is 3.68. The van der Waals surface area contributed by atoms with E-state index in [1.54, 1.807) is 21.7 Å². The van der Waals surface area contributed by atoms with Crippen LogP contribution in [-0.2, 0) is 22.4 Å². The highest BCUT2D eigenvalue weighted by molar-refractivity contribution is 8.00. The maximum absolute atomic E-state index is 15.1. The van der Waals surface area contributed by atoms with E-state index in [4.69, 9.17) is 0 Å². The van der Waals surface area contributed by atoms with Crippen molar-refractivity contribution in [3.05, 3.63) is 90.8 Å². The predicted molar refractivity (Wildman–Crippen MR) is 174 cm³/mol. The molecule has 2 heterocycles. The summed E-state index contributed by atoms with van der Waals surface area (Å²) in [5.74, 6) is -22.5. The molecule has 0 unspecified atom stereocenters. The highest BCUT2D eigenvalue weighted by atomic mass is 32.2. The molecule has 0 aliphatic carbocycles. The van der Waals surface area contributed by atoms with Gasteiger partial charge in [-0.3, -0.25) is 40.9 Å². The van der Waals surface area contributed by atoms with Crippen LogP contribution >= 0.6 is 23.5 Å². The van der Waals surface area contributed by atoms with Gasteiger partial charge in [0.2, 0.25) is 11.8 Å². The summed E-state index contributed by atoms with van der Waals surface area (Å²) in [5.41, 5.74) is -1.16. The first-order valence-electron chi connectivity index (χ1n) is 14.9. The van der Waals surface area contributed by atoms with Crippen molar-refractivity contribution < 1.29 is 44.7 Å². The van der Waals surface area contributed by atoms with Crippen LogP contribution in [0.3, 0.4) is 0 Å². The monoisotopic (exact) mass is 778 g/mol. The number of hydrogen-bond donors (Lipinski definition) is 6. The summed E-state index contributed by atoms with van der Waals surface area (Å²) in [4.78, 5) is 60.9. The summed E-state index contributed by atoms with van der Waals surface area (Å²) in [5, 5.41) is 0.0483. The number of hydrazine groups is 2. The second-order valence-corrected chi connectivity index (χ2v) is 12.4. The summed E-state index contributed by atoms with van der Waals surface area (Å²) in [6.07, 6.45) is 2.25. The molecule has 278 valence electrons. The van der Waals surface area contributed by atoms with E-state index < -0.39 is 103 Å². The van der Waals surface area contributed by atoms with Crippen LogP contribution in [0.4, 0.5) is 46.5 Å². The van der Waals surface area contributed by atoms with Crippen molar-refractivity contribution in [3.8, 4) is 11.1 Å². The van der Waals surface area contributed by atoms with E-state index in [2.05, 4.69) is 19.9 Å². The molecule has 0 bridgehead atoms. The van der Waals surface area contributed by atoms with E-state index in [9.17, 15) is 36.7 Å². The first-order valence-corrected chi connectivity index (χ1v) is 16.9. The van der Waals surface area contributed by atoms with Gasteiger partial charge < -0.3 is 9.97 Å². The number of carbonyl (C=O) groups excluding carboxylic acids is 2. The van der Waals surface area contributed by atoms with Crippen LogP contribution in [0, 0.1) is 46.5 Å². The van der Waals surface area contributed by atoms with E-state index in [1.807, 2.05) is 13.8 Å². The Labute approximate surface area is 295 Å². The number of aromatic nitrogens is 4. The number of nitrogens with zero attached hydrogens (tertiary/aromatic N) is 2. The van der Waals surface area contributed by atoms with Crippen LogP contribution < -0.4 is 32.8 Å². The zero-order chi connectivity index (χ0) is 38.3. The van der Waals surface area contributed by atoms with Crippen molar-refractivity contribution in [3.63, 3.8) is 0 Å². The molecule has 4 rings (SSSR count). The van der Waals surface area contributed by atoms with Gasteiger partial charge in [0.15, 0.2) is 56.9 Å². The third-order valence-corrected chi connectivity index (χ3v) is 8.42. The van der Waals surface area contributed by atoms with E-state index in [1.165, 1.54) is 12.1 Å². The fourth-order valence-corrected chi connectivity index (χ4v) is 5.79. The Hall–Kier alpha value is -5.12. The molecule has 0 saturated heterocycles. The minimum atomic E-state index is -2.50. The number of carbonyl (C=O) groups is 2. The SMILES string of the molecule is CCCc1cc(=O)[nH]c(SCC(=O)NNc2c(F)c(F)c(-c3c(F)c(F)c(NNC(=O)CSc4nc(CCC)cc(=O)[nH]4)c(F)c3F)c(F)c2F)n1. The van der Waals surface area contributed by atoms with E-state index in [-0.39, 0.29) is 10.3 Å². The average Bonchev–Trinajstić information content (AvgIpc) is 3.09. The Kier molecular flexibility index (Phi) is 13.3. The first-order chi connectivity index (χ1) is 24.7. The smallest absolute Gasteiger partial charge is 0.251 e. The number of anilines is 2. The standard InChI is InChI=1S/C30H26F8N8O4S2/c1-3-5-11-7-13(47)41-29(39-11)51-9-15(49)43-45-27-23(35)19(31)17(20(32)24(27)36)18-21(33)25(37)28(26(38)22(18)34)46-44-16(50)10-52-30-40-12(6-4-2)8-14(48)42-30/h7-8,45-46H,3-6,9-10H2,1-2H3,(H,43,49)(H,44,50)(H,39,41,47)(H,40,42,48). The van der Waals surface area contributed by atoms with Crippen molar-refractivity contribution in [2.24, 2.45) is 0 Å². The summed E-state index contributed by atoms with van der Waals surface area (Å²) in [6, 6.07) is 2.50. The van der Waals surface area contributed by atoms with Crippen LogP contribution in [0.15, 0.2) is 32.0 Å². The molecule has 52 heavy (non-hydrogen) atoms. The summed E-state index contributed by atoms with van der Waals surface area (Å²) >= 11 is 1.39. The van der Waals surface area contributed by atoms with E-state index >= 15 is 17.6 Å². The highest BCUT2D eigenvalue weighted by Gasteiger charge is 2.34. The fourth-order valence-electron chi connectivity index (χ4n) is 4.40. The molecule has 6 N–H and O–H groups in total. The number of aryl methyl sites for hydroxylation is 2. The molecule has 0 fully saturated rings. The van der Waals surface area contributed by atoms with Crippen LogP contribution in [0.2, 0.25) is 0 Å². The van der Waals surface area contributed by atoms with Crippen LogP contribution in [0.1, 0.15) is 38.1 Å². The van der Waals surface area contributed by atoms with Gasteiger partial charge in [0, 0.05) is 23.5 Å². The number of benzene rings is 2. The minimum absolute atomic E-state index is 0.0242. The molecule has 2 amide bonds. The number of amides is 2. The second kappa shape index (κ2) is 17.4. The molecule has 0 saturated carbocycles. The average molecular weight is 779 g/mol. The molecule has 22 heteroatoms. The van der Waals surface area contributed by atoms with Crippen molar-refractivity contribution in [1.29, 1.82) is 0 Å². The van der Waals surface area contributed by atoms with Gasteiger partial charge in [-0.15, -0.1) is 0 Å². The number of nitrogens with one attached hydrogen (secondary N) is 6. The lowest BCUT2D eigenvalue weighted by Crippen LogP contribution is -2.32. The molecular formula is C30H26F8N8O4S2. The Balaban J connectivity index is 1.49. The second-order valence-electron chi connectivity index (χ2n) is 10.5. The Morgan fingerprint density at radius 1 is 0.596 bits per heavy atom. The number of thioether (sulfide) groups is 2. The van der Waals surface area contributed by atoms with Gasteiger partial charge in [-0.25, -0.2) is 45.1 Å². The Morgan fingerprint density at radius 3 is 1.23 bits per heavy atom. The van der Waals surface area contributed by atoms with Crippen molar-refractivity contribution in [2.45, 2.75) is 49.8 Å². The topological polar surface area (TPSA) is 174 Å². The molecule has 0 radical (unpaired) electrons. The first kappa shape index (κ1) is 39.7. The van der Waals surface area contributed by atoms with Gasteiger partial charge in [0.05, 0.1) is 22.6 Å². The highest BCUT2D eigenvalue weighted by Crippen LogP contribution is 2.40. The van der Waals surface area contributed by atoms with Crippen LogP contribution in [-0.4, -0.2) is 43.3 Å². The molecule has 2 aromatic heterocycles. The molecule has 0 aliphatic heterocycles. The van der Waals surface area contributed by atoms with Crippen molar-refractivity contribution in [1.82, 2.24) is 30.8 Å². The third kappa shape index (κ3) is 9.21. The van der Waals surface area contributed by atoms with Crippen LogP contribution in [0.5, 0.6) is 0 Å². The maximum Gasteiger partial charge on any atom is 0.251 e. The van der Waals surface area contributed by atoms with Gasteiger partial charge in [0.1, 0.15) is 11.4 Å². The van der Waals surface area contributed by atoms with Crippen molar-refractivity contribution >= 4 is 46.7 Å². The molecular weight excluding hydrogens is 752 g/mol. The minimum Gasteiger partial charge on any atom is -0.301 e. The third-order valence-electron chi connectivity index (χ3n) is 6.67. The zero-order valence-electron chi connectivity index (χ0n) is 26.8. The lowest BCUT2D eigenvalue weighted by atomic mass is 10.00. The largest absolute Gasteiger partial charge is 0.301 e. The van der Waals surface area contributed by atoms with Gasteiger partial charge >= 0.3 is 0 Å².